The highest BCUT2D eigenvalue weighted by molar-refractivity contribution is 7.98. The Morgan fingerprint density at radius 3 is 3.16 bits per heavy atom. The van der Waals surface area contributed by atoms with Crippen molar-refractivity contribution in [2.24, 2.45) is 5.73 Å². The lowest BCUT2D eigenvalue weighted by Gasteiger charge is -2.07. The molecule has 3 nitrogen and oxygen atoms in total. The van der Waals surface area contributed by atoms with Gasteiger partial charge in [0, 0.05) is 34.5 Å². The summed E-state index contributed by atoms with van der Waals surface area (Å²) in [6.07, 6.45) is 4.13. The Labute approximate surface area is 120 Å². The van der Waals surface area contributed by atoms with Gasteiger partial charge in [0.25, 0.3) is 0 Å². The molecule has 0 spiro atoms. The molecule has 0 amide bonds. The third-order valence-corrected chi connectivity index (χ3v) is 4.71. The minimum absolute atomic E-state index is 0.0819. The largest absolute Gasteiger partial charge is 0.324 e. The molecule has 2 N–H and O–H groups in total. The van der Waals surface area contributed by atoms with E-state index in [-0.39, 0.29) is 6.04 Å². The van der Waals surface area contributed by atoms with E-state index >= 15 is 0 Å². The number of hydrogen-bond acceptors (Lipinski definition) is 4. The summed E-state index contributed by atoms with van der Waals surface area (Å²) in [5.74, 6) is 0.886. The summed E-state index contributed by atoms with van der Waals surface area (Å²) in [5.41, 5.74) is 8.19. The number of hydrogen-bond donors (Lipinski definition) is 1. The molecule has 0 saturated carbocycles. The maximum atomic E-state index is 5.90. The number of fused-ring (bicyclic) bond motifs is 1. The molecular formula is C14H15N3S2. The summed E-state index contributed by atoms with van der Waals surface area (Å²) >= 11 is 3.46. The molecule has 2 heterocycles. The lowest BCUT2D eigenvalue weighted by Crippen LogP contribution is -2.04. The van der Waals surface area contributed by atoms with Crippen molar-refractivity contribution < 1.29 is 0 Å². The van der Waals surface area contributed by atoms with E-state index < -0.39 is 0 Å². The minimum Gasteiger partial charge on any atom is -0.324 e. The number of aromatic nitrogens is 2. The first-order valence-electron chi connectivity index (χ1n) is 6.12. The molecule has 98 valence electrons. The summed E-state index contributed by atoms with van der Waals surface area (Å²) in [4.78, 5) is 6.88. The Balaban J connectivity index is 1.71. The Bertz CT molecular complexity index is 656. The van der Waals surface area contributed by atoms with Gasteiger partial charge in [-0.3, -0.25) is 4.40 Å². The number of thiazole rings is 1. The van der Waals surface area contributed by atoms with Gasteiger partial charge in [-0.15, -0.1) is 23.1 Å². The second kappa shape index (κ2) is 5.36. The van der Waals surface area contributed by atoms with Gasteiger partial charge in [0.05, 0.1) is 5.69 Å². The molecule has 19 heavy (non-hydrogen) atoms. The molecule has 0 bridgehead atoms. The van der Waals surface area contributed by atoms with E-state index in [9.17, 15) is 0 Å². The van der Waals surface area contributed by atoms with E-state index in [1.165, 1.54) is 10.5 Å². The van der Waals surface area contributed by atoms with Crippen molar-refractivity contribution >= 4 is 28.1 Å². The van der Waals surface area contributed by atoms with Gasteiger partial charge in [-0.2, -0.15) is 0 Å². The van der Waals surface area contributed by atoms with Crippen LogP contribution in [0, 0.1) is 0 Å². The maximum absolute atomic E-state index is 5.90. The second-order valence-electron chi connectivity index (χ2n) is 4.47. The standard InChI is InChI=1S/C14H15N3S2/c1-10(15)11-3-2-4-13(7-11)19-9-12-8-17-5-6-18-14(17)16-12/h2-8,10H,9,15H2,1H3. The molecule has 2 aromatic heterocycles. The number of thioether (sulfide) groups is 1. The fourth-order valence-electron chi connectivity index (χ4n) is 1.89. The highest BCUT2D eigenvalue weighted by Gasteiger charge is 2.05. The van der Waals surface area contributed by atoms with Gasteiger partial charge in [0.2, 0.25) is 0 Å². The van der Waals surface area contributed by atoms with Crippen molar-refractivity contribution in [1.82, 2.24) is 9.38 Å². The zero-order valence-electron chi connectivity index (χ0n) is 10.6. The molecule has 3 rings (SSSR count). The summed E-state index contributed by atoms with van der Waals surface area (Å²) in [5, 5.41) is 2.05. The average Bonchev–Trinajstić information content (AvgIpc) is 2.97. The maximum Gasteiger partial charge on any atom is 0.193 e. The number of benzene rings is 1. The summed E-state index contributed by atoms with van der Waals surface area (Å²) in [6, 6.07) is 8.50. The van der Waals surface area contributed by atoms with Crippen LogP contribution in [0.1, 0.15) is 24.2 Å². The molecule has 3 aromatic rings. The van der Waals surface area contributed by atoms with Crippen LogP contribution in [-0.4, -0.2) is 9.38 Å². The fraction of sp³-hybridized carbons (Fsp3) is 0.214. The van der Waals surface area contributed by atoms with Crippen LogP contribution < -0.4 is 5.73 Å². The number of nitrogens with zero attached hydrogens (tertiary/aromatic N) is 2. The van der Waals surface area contributed by atoms with E-state index in [1.807, 2.05) is 18.5 Å². The SMILES string of the molecule is CC(N)c1cccc(SCc2cn3ccsc3n2)c1. The fourth-order valence-corrected chi connectivity index (χ4v) is 3.46. The predicted molar refractivity (Wildman–Crippen MR) is 81.7 cm³/mol. The van der Waals surface area contributed by atoms with E-state index in [1.54, 1.807) is 23.1 Å². The average molecular weight is 289 g/mol. The first kappa shape index (κ1) is 12.7. The van der Waals surface area contributed by atoms with Gasteiger partial charge >= 0.3 is 0 Å². The zero-order chi connectivity index (χ0) is 13.2. The highest BCUT2D eigenvalue weighted by atomic mass is 32.2. The smallest absolute Gasteiger partial charge is 0.193 e. The topological polar surface area (TPSA) is 43.3 Å². The van der Waals surface area contributed by atoms with Crippen molar-refractivity contribution in [3.05, 3.63) is 53.3 Å². The van der Waals surface area contributed by atoms with E-state index in [2.05, 4.69) is 39.8 Å². The summed E-state index contributed by atoms with van der Waals surface area (Å²) in [6.45, 7) is 2.01. The second-order valence-corrected chi connectivity index (χ2v) is 6.40. The Morgan fingerprint density at radius 1 is 1.47 bits per heavy atom. The molecular weight excluding hydrogens is 274 g/mol. The van der Waals surface area contributed by atoms with Gasteiger partial charge in [0.15, 0.2) is 4.96 Å². The minimum atomic E-state index is 0.0819. The predicted octanol–water partition coefficient (Wildman–Crippen LogP) is 3.71. The molecule has 0 aliphatic carbocycles. The van der Waals surface area contributed by atoms with Crippen LogP contribution in [0.4, 0.5) is 0 Å². The van der Waals surface area contributed by atoms with Gasteiger partial charge in [-0.1, -0.05) is 12.1 Å². The molecule has 1 unspecified atom stereocenters. The molecule has 0 fully saturated rings. The zero-order valence-corrected chi connectivity index (χ0v) is 12.2. The van der Waals surface area contributed by atoms with Crippen LogP contribution in [0.15, 0.2) is 46.9 Å². The van der Waals surface area contributed by atoms with E-state index in [4.69, 9.17) is 5.73 Å². The van der Waals surface area contributed by atoms with Gasteiger partial charge in [-0.25, -0.2) is 4.98 Å². The van der Waals surface area contributed by atoms with Crippen molar-refractivity contribution in [3.8, 4) is 0 Å². The van der Waals surface area contributed by atoms with Crippen LogP contribution in [0.5, 0.6) is 0 Å². The first-order chi connectivity index (χ1) is 9.22. The molecule has 0 aliphatic rings. The van der Waals surface area contributed by atoms with Gasteiger partial charge < -0.3 is 5.73 Å². The summed E-state index contributed by atoms with van der Waals surface area (Å²) in [7, 11) is 0. The Kier molecular flexibility index (Phi) is 3.59. The summed E-state index contributed by atoms with van der Waals surface area (Å²) < 4.78 is 2.07. The van der Waals surface area contributed by atoms with Crippen molar-refractivity contribution in [2.45, 2.75) is 23.6 Å². The van der Waals surface area contributed by atoms with Crippen LogP contribution in [0.2, 0.25) is 0 Å². The molecule has 0 saturated heterocycles. The van der Waals surface area contributed by atoms with Crippen LogP contribution in [-0.2, 0) is 5.75 Å². The molecule has 0 aliphatic heterocycles. The van der Waals surface area contributed by atoms with E-state index in [0.29, 0.717) is 0 Å². The van der Waals surface area contributed by atoms with Crippen molar-refractivity contribution in [2.75, 3.05) is 0 Å². The molecule has 0 radical (unpaired) electrons. The number of nitrogens with two attached hydrogens (primary N) is 1. The van der Waals surface area contributed by atoms with E-state index in [0.717, 1.165) is 16.4 Å². The normalized spacial score (nSPS) is 12.9. The lowest BCUT2D eigenvalue weighted by molar-refractivity contribution is 0.815. The Morgan fingerprint density at radius 2 is 2.37 bits per heavy atom. The third kappa shape index (κ3) is 2.83. The lowest BCUT2D eigenvalue weighted by atomic mass is 10.1. The first-order valence-corrected chi connectivity index (χ1v) is 7.98. The van der Waals surface area contributed by atoms with Gasteiger partial charge in [-0.05, 0) is 24.6 Å². The Hall–Kier alpha value is -1.30. The van der Waals surface area contributed by atoms with Crippen molar-refractivity contribution in [1.29, 1.82) is 0 Å². The van der Waals surface area contributed by atoms with Crippen LogP contribution in [0.25, 0.3) is 4.96 Å². The highest BCUT2D eigenvalue weighted by Crippen LogP contribution is 2.25. The van der Waals surface area contributed by atoms with Crippen molar-refractivity contribution in [3.63, 3.8) is 0 Å². The van der Waals surface area contributed by atoms with Crippen LogP contribution >= 0.6 is 23.1 Å². The molecule has 1 aromatic carbocycles. The molecule has 5 heteroatoms. The number of rotatable bonds is 4. The van der Waals surface area contributed by atoms with Crippen LogP contribution in [0.3, 0.4) is 0 Å². The monoisotopic (exact) mass is 289 g/mol. The van der Waals surface area contributed by atoms with Gasteiger partial charge in [0.1, 0.15) is 0 Å². The number of imidazole rings is 1. The third-order valence-electron chi connectivity index (χ3n) is 2.91. The molecule has 1 atom stereocenters. The quantitative estimate of drug-likeness (QED) is 0.745.